The van der Waals surface area contributed by atoms with E-state index >= 15 is 0 Å². The van der Waals surface area contributed by atoms with Gasteiger partial charge in [-0.1, -0.05) is 54.1 Å². The lowest BCUT2D eigenvalue weighted by Crippen LogP contribution is -2.27. The molecule has 1 aliphatic rings. The zero-order chi connectivity index (χ0) is 22.5. The van der Waals surface area contributed by atoms with Crippen molar-refractivity contribution in [3.05, 3.63) is 94.0 Å². The SMILES string of the molecule is CN1CCc2c(cccc2NC(=O)c2cc(Cl)cc(NC(=O)OCc3ccccc3)c2)C1. The number of anilines is 2. The molecule has 0 atom stereocenters. The Hall–Kier alpha value is -3.35. The lowest BCUT2D eigenvalue weighted by Gasteiger charge is -2.26. The molecule has 2 amide bonds. The summed E-state index contributed by atoms with van der Waals surface area (Å²) in [5, 5.41) is 5.97. The molecule has 0 unspecified atom stereocenters. The van der Waals surface area contributed by atoms with E-state index in [1.807, 2.05) is 42.5 Å². The first kappa shape index (κ1) is 21.9. The van der Waals surface area contributed by atoms with E-state index in [2.05, 4.69) is 28.6 Å². The zero-order valence-corrected chi connectivity index (χ0v) is 18.5. The largest absolute Gasteiger partial charge is 0.444 e. The molecule has 4 rings (SSSR count). The van der Waals surface area contributed by atoms with Crippen LogP contribution in [0, 0.1) is 0 Å². The quantitative estimate of drug-likeness (QED) is 0.552. The molecule has 32 heavy (non-hydrogen) atoms. The first-order valence-corrected chi connectivity index (χ1v) is 10.7. The summed E-state index contributed by atoms with van der Waals surface area (Å²) >= 11 is 6.21. The highest BCUT2D eigenvalue weighted by atomic mass is 35.5. The molecule has 3 aromatic rings. The fourth-order valence-electron chi connectivity index (χ4n) is 3.73. The fraction of sp³-hybridized carbons (Fsp3) is 0.200. The number of halogens is 1. The summed E-state index contributed by atoms with van der Waals surface area (Å²) in [6.45, 7) is 1.94. The van der Waals surface area contributed by atoms with Gasteiger partial charge < -0.3 is 15.0 Å². The third-order valence-electron chi connectivity index (χ3n) is 5.32. The Bertz CT molecular complexity index is 1130. The fourth-order valence-corrected chi connectivity index (χ4v) is 3.97. The molecule has 0 aliphatic carbocycles. The van der Waals surface area contributed by atoms with E-state index < -0.39 is 6.09 Å². The minimum Gasteiger partial charge on any atom is -0.444 e. The predicted octanol–water partition coefficient (Wildman–Crippen LogP) is 5.33. The van der Waals surface area contributed by atoms with Crippen LogP contribution >= 0.6 is 11.6 Å². The van der Waals surface area contributed by atoms with Crippen LogP contribution in [0.4, 0.5) is 16.2 Å². The minimum atomic E-state index is -0.622. The number of nitrogens with one attached hydrogen (secondary N) is 2. The average Bonchev–Trinajstić information content (AvgIpc) is 2.78. The van der Waals surface area contributed by atoms with E-state index in [1.54, 1.807) is 18.2 Å². The minimum absolute atomic E-state index is 0.148. The molecule has 3 aromatic carbocycles. The number of ether oxygens (including phenoxy) is 1. The number of rotatable bonds is 5. The maximum absolute atomic E-state index is 12.9. The third-order valence-corrected chi connectivity index (χ3v) is 5.54. The van der Waals surface area contributed by atoms with Crippen LogP contribution in [0.1, 0.15) is 27.0 Å². The predicted molar refractivity (Wildman–Crippen MR) is 126 cm³/mol. The van der Waals surface area contributed by atoms with Gasteiger partial charge in [0.1, 0.15) is 6.61 Å². The van der Waals surface area contributed by atoms with Gasteiger partial charge in [-0.15, -0.1) is 0 Å². The average molecular weight is 450 g/mol. The molecule has 0 bridgehead atoms. The normalized spacial score (nSPS) is 13.2. The summed E-state index contributed by atoms with van der Waals surface area (Å²) in [5.41, 5.74) is 4.79. The molecule has 0 fully saturated rings. The van der Waals surface area contributed by atoms with Crippen molar-refractivity contribution >= 4 is 35.0 Å². The van der Waals surface area contributed by atoms with Crippen LogP contribution < -0.4 is 10.6 Å². The maximum Gasteiger partial charge on any atom is 0.411 e. The van der Waals surface area contributed by atoms with Crippen molar-refractivity contribution in [2.24, 2.45) is 0 Å². The van der Waals surface area contributed by atoms with Gasteiger partial charge >= 0.3 is 6.09 Å². The van der Waals surface area contributed by atoms with E-state index in [0.717, 1.165) is 36.3 Å². The summed E-state index contributed by atoms with van der Waals surface area (Å²) in [5.74, 6) is -0.291. The van der Waals surface area contributed by atoms with Crippen molar-refractivity contribution in [1.29, 1.82) is 0 Å². The van der Waals surface area contributed by atoms with Gasteiger partial charge in [0.15, 0.2) is 0 Å². The van der Waals surface area contributed by atoms with Gasteiger partial charge in [-0.3, -0.25) is 10.1 Å². The monoisotopic (exact) mass is 449 g/mol. The molecule has 0 saturated heterocycles. The highest BCUT2D eigenvalue weighted by Gasteiger charge is 2.18. The van der Waals surface area contributed by atoms with Crippen LogP contribution in [0.5, 0.6) is 0 Å². The van der Waals surface area contributed by atoms with Crippen LogP contribution in [-0.4, -0.2) is 30.5 Å². The van der Waals surface area contributed by atoms with Crippen LogP contribution in [0.25, 0.3) is 0 Å². The Balaban J connectivity index is 1.44. The Morgan fingerprint density at radius 3 is 2.66 bits per heavy atom. The molecule has 6 nitrogen and oxygen atoms in total. The van der Waals surface area contributed by atoms with Gasteiger partial charge in [-0.2, -0.15) is 0 Å². The number of hydrogen-bond donors (Lipinski definition) is 2. The molecule has 0 radical (unpaired) electrons. The smallest absolute Gasteiger partial charge is 0.411 e. The Labute approximate surface area is 192 Å². The van der Waals surface area contributed by atoms with E-state index in [0.29, 0.717) is 16.3 Å². The summed E-state index contributed by atoms with van der Waals surface area (Å²) in [7, 11) is 2.08. The van der Waals surface area contributed by atoms with Crippen LogP contribution in [0.3, 0.4) is 0 Å². The lowest BCUT2D eigenvalue weighted by molar-refractivity contribution is 0.102. The Kier molecular flexibility index (Phi) is 6.73. The number of fused-ring (bicyclic) bond motifs is 1. The summed E-state index contributed by atoms with van der Waals surface area (Å²) in [6.07, 6.45) is 0.251. The number of benzene rings is 3. The molecule has 2 N–H and O–H groups in total. The van der Waals surface area contributed by atoms with Crippen molar-refractivity contribution < 1.29 is 14.3 Å². The van der Waals surface area contributed by atoms with Crippen LogP contribution in [-0.2, 0) is 24.3 Å². The lowest BCUT2D eigenvalue weighted by atomic mass is 9.98. The Morgan fingerprint density at radius 2 is 1.84 bits per heavy atom. The third kappa shape index (κ3) is 5.46. The molecule has 1 aliphatic heterocycles. The van der Waals surface area contributed by atoms with Gasteiger partial charge in [0.25, 0.3) is 5.91 Å². The van der Waals surface area contributed by atoms with Crippen molar-refractivity contribution in [2.75, 3.05) is 24.2 Å². The molecule has 164 valence electrons. The number of nitrogens with zero attached hydrogens (tertiary/aromatic N) is 1. The zero-order valence-electron chi connectivity index (χ0n) is 17.7. The molecular weight excluding hydrogens is 426 g/mol. The topological polar surface area (TPSA) is 70.7 Å². The number of hydrogen-bond acceptors (Lipinski definition) is 4. The second kappa shape index (κ2) is 9.85. The standard InChI is InChI=1S/C25H24ClN3O3/c1-29-11-10-22-18(15-29)8-5-9-23(22)28-24(30)19-12-20(26)14-21(13-19)27-25(31)32-16-17-6-3-2-4-7-17/h2-9,12-14H,10-11,15-16H2,1H3,(H,27,31)(H,28,30). The molecule has 0 aromatic heterocycles. The van der Waals surface area contributed by atoms with E-state index in [4.69, 9.17) is 16.3 Å². The molecule has 0 spiro atoms. The van der Waals surface area contributed by atoms with Gasteiger partial charge in [0, 0.05) is 35.1 Å². The summed E-state index contributed by atoms with van der Waals surface area (Å²) < 4.78 is 5.24. The first-order chi connectivity index (χ1) is 15.5. The molecule has 1 heterocycles. The summed E-state index contributed by atoms with van der Waals surface area (Å²) in [6, 6.07) is 20.0. The van der Waals surface area contributed by atoms with Crippen LogP contribution in [0.2, 0.25) is 5.02 Å². The van der Waals surface area contributed by atoms with Crippen LogP contribution in [0.15, 0.2) is 66.7 Å². The summed E-state index contributed by atoms with van der Waals surface area (Å²) in [4.78, 5) is 27.4. The first-order valence-electron chi connectivity index (χ1n) is 10.4. The molecule has 7 heteroatoms. The van der Waals surface area contributed by atoms with E-state index in [-0.39, 0.29) is 12.5 Å². The van der Waals surface area contributed by atoms with Gasteiger partial charge in [0.2, 0.25) is 0 Å². The Morgan fingerprint density at radius 1 is 1.03 bits per heavy atom. The molecule has 0 saturated carbocycles. The van der Waals surface area contributed by atoms with Gasteiger partial charge in [-0.25, -0.2) is 4.79 Å². The van der Waals surface area contributed by atoms with E-state index in [1.165, 1.54) is 5.56 Å². The van der Waals surface area contributed by atoms with Crippen molar-refractivity contribution in [3.8, 4) is 0 Å². The second-order valence-corrected chi connectivity index (χ2v) is 8.24. The van der Waals surface area contributed by atoms with Crippen molar-refractivity contribution in [1.82, 2.24) is 4.90 Å². The number of carbonyl (C=O) groups is 2. The van der Waals surface area contributed by atoms with Gasteiger partial charge in [-0.05, 0) is 54.4 Å². The van der Waals surface area contributed by atoms with Crippen molar-refractivity contribution in [2.45, 2.75) is 19.6 Å². The second-order valence-electron chi connectivity index (χ2n) is 7.80. The number of likely N-dealkylation sites (N-methyl/N-ethyl adjacent to an activating group) is 1. The van der Waals surface area contributed by atoms with Crippen molar-refractivity contribution in [3.63, 3.8) is 0 Å². The van der Waals surface area contributed by atoms with Gasteiger partial charge in [0.05, 0.1) is 0 Å². The van der Waals surface area contributed by atoms with E-state index in [9.17, 15) is 9.59 Å². The highest BCUT2D eigenvalue weighted by Crippen LogP contribution is 2.27. The molecular formula is C25H24ClN3O3. The number of amides is 2. The highest BCUT2D eigenvalue weighted by molar-refractivity contribution is 6.31. The number of carbonyl (C=O) groups excluding carboxylic acids is 2. The maximum atomic E-state index is 12.9.